The molecule has 114 valence electrons. The van der Waals surface area contributed by atoms with Crippen LogP contribution in [0.15, 0.2) is 53.4 Å². The molecule has 2 nitrogen and oxygen atoms in total. The molecule has 2 aliphatic heterocycles. The number of nitrogens with one attached hydrogen (secondary N) is 1. The minimum Gasteiger partial charge on any atom is -0.378 e. The van der Waals surface area contributed by atoms with Crippen LogP contribution in [0.2, 0.25) is 0 Å². The Labute approximate surface area is 136 Å². The van der Waals surface area contributed by atoms with Crippen molar-refractivity contribution in [2.75, 3.05) is 18.2 Å². The van der Waals surface area contributed by atoms with Crippen LogP contribution in [0.25, 0.3) is 0 Å². The van der Waals surface area contributed by atoms with Gasteiger partial charge in [0, 0.05) is 28.7 Å². The molecule has 1 fully saturated rings. The molecule has 22 heavy (non-hydrogen) atoms. The number of thioether (sulfide) groups is 1. The third-order valence-electron chi connectivity index (χ3n) is 4.83. The molecule has 4 rings (SSSR count). The molecule has 1 saturated heterocycles. The SMILES string of the molecule is CSc1ccc2c(c1)C1OCCCC1C(c1ccccc1)N2. The van der Waals surface area contributed by atoms with Gasteiger partial charge in [-0.2, -0.15) is 0 Å². The Bertz CT molecular complexity index is 658. The van der Waals surface area contributed by atoms with E-state index in [0.717, 1.165) is 13.0 Å². The van der Waals surface area contributed by atoms with Crippen LogP contribution in [0.4, 0.5) is 5.69 Å². The van der Waals surface area contributed by atoms with Crippen LogP contribution in [-0.4, -0.2) is 12.9 Å². The first-order valence-electron chi connectivity index (χ1n) is 7.98. The number of hydrogen-bond acceptors (Lipinski definition) is 3. The van der Waals surface area contributed by atoms with Gasteiger partial charge in [-0.25, -0.2) is 0 Å². The molecule has 1 N–H and O–H groups in total. The summed E-state index contributed by atoms with van der Waals surface area (Å²) in [7, 11) is 0. The molecule has 0 radical (unpaired) electrons. The van der Waals surface area contributed by atoms with Gasteiger partial charge in [0.2, 0.25) is 0 Å². The molecule has 2 heterocycles. The lowest BCUT2D eigenvalue weighted by atomic mass is 9.77. The van der Waals surface area contributed by atoms with Crippen LogP contribution in [0, 0.1) is 5.92 Å². The molecule has 3 atom stereocenters. The summed E-state index contributed by atoms with van der Waals surface area (Å²) < 4.78 is 6.21. The molecular weight excluding hydrogens is 290 g/mol. The van der Waals surface area contributed by atoms with Gasteiger partial charge >= 0.3 is 0 Å². The highest BCUT2D eigenvalue weighted by Gasteiger charge is 2.39. The number of anilines is 1. The van der Waals surface area contributed by atoms with Crippen molar-refractivity contribution >= 4 is 17.4 Å². The zero-order valence-corrected chi connectivity index (χ0v) is 13.6. The van der Waals surface area contributed by atoms with Crippen molar-refractivity contribution in [3.8, 4) is 0 Å². The van der Waals surface area contributed by atoms with E-state index in [1.807, 2.05) is 0 Å². The predicted molar refractivity (Wildman–Crippen MR) is 92.4 cm³/mol. The molecule has 0 saturated carbocycles. The smallest absolute Gasteiger partial charge is 0.0896 e. The maximum absolute atomic E-state index is 6.21. The predicted octanol–water partition coefficient (Wildman–Crippen LogP) is 5.04. The van der Waals surface area contributed by atoms with E-state index in [2.05, 4.69) is 60.1 Å². The lowest BCUT2D eigenvalue weighted by molar-refractivity contribution is -0.0382. The molecule has 0 aliphatic carbocycles. The molecular formula is C19H21NOS. The Balaban J connectivity index is 1.77. The third kappa shape index (κ3) is 2.42. The van der Waals surface area contributed by atoms with Crippen LogP contribution in [-0.2, 0) is 4.74 Å². The van der Waals surface area contributed by atoms with E-state index in [0.29, 0.717) is 12.0 Å². The summed E-state index contributed by atoms with van der Waals surface area (Å²) in [6.07, 6.45) is 4.73. The van der Waals surface area contributed by atoms with Crippen molar-refractivity contribution in [2.24, 2.45) is 5.92 Å². The second kappa shape index (κ2) is 5.98. The summed E-state index contributed by atoms with van der Waals surface area (Å²) in [4.78, 5) is 1.31. The first kappa shape index (κ1) is 14.2. The fraction of sp³-hybridized carbons (Fsp3) is 0.368. The van der Waals surface area contributed by atoms with Crippen LogP contribution in [0.3, 0.4) is 0 Å². The van der Waals surface area contributed by atoms with Gasteiger partial charge in [-0.05, 0) is 42.9 Å². The Kier molecular flexibility index (Phi) is 3.85. The van der Waals surface area contributed by atoms with Gasteiger partial charge in [0.15, 0.2) is 0 Å². The van der Waals surface area contributed by atoms with Gasteiger partial charge < -0.3 is 10.1 Å². The molecule has 3 unspecified atom stereocenters. The monoisotopic (exact) mass is 311 g/mol. The van der Waals surface area contributed by atoms with E-state index >= 15 is 0 Å². The first-order valence-corrected chi connectivity index (χ1v) is 9.20. The Morgan fingerprint density at radius 1 is 1.14 bits per heavy atom. The van der Waals surface area contributed by atoms with Gasteiger partial charge in [0.25, 0.3) is 0 Å². The Hall–Kier alpha value is -1.45. The molecule has 0 bridgehead atoms. The zero-order valence-electron chi connectivity index (χ0n) is 12.8. The molecule has 2 aliphatic rings. The summed E-state index contributed by atoms with van der Waals surface area (Å²) in [5.41, 5.74) is 3.93. The minimum atomic E-state index is 0.224. The molecule has 2 aromatic rings. The maximum Gasteiger partial charge on any atom is 0.0896 e. The fourth-order valence-electron chi connectivity index (χ4n) is 3.77. The van der Waals surface area contributed by atoms with E-state index in [9.17, 15) is 0 Å². The summed E-state index contributed by atoms with van der Waals surface area (Å²) in [6, 6.07) is 17.8. The molecule has 3 heteroatoms. The van der Waals surface area contributed by atoms with Gasteiger partial charge in [-0.1, -0.05) is 30.3 Å². The lowest BCUT2D eigenvalue weighted by Crippen LogP contribution is -2.36. The van der Waals surface area contributed by atoms with Crippen molar-refractivity contribution < 1.29 is 4.74 Å². The topological polar surface area (TPSA) is 21.3 Å². The van der Waals surface area contributed by atoms with E-state index in [1.54, 1.807) is 11.8 Å². The van der Waals surface area contributed by atoms with Gasteiger partial charge in [-0.15, -0.1) is 11.8 Å². The van der Waals surface area contributed by atoms with Gasteiger partial charge in [-0.3, -0.25) is 0 Å². The summed E-state index contributed by atoms with van der Waals surface area (Å²) >= 11 is 1.79. The Morgan fingerprint density at radius 2 is 2.00 bits per heavy atom. The zero-order chi connectivity index (χ0) is 14.9. The van der Waals surface area contributed by atoms with Crippen molar-refractivity contribution in [1.29, 1.82) is 0 Å². The normalized spacial score (nSPS) is 26.7. The number of benzene rings is 2. The highest BCUT2D eigenvalue weighted by Crippen LogP contribution is 2.49. The average Bonchev–Trinajstić information content (AvgIpc) is 2.61. The quantitative estimate of drug-likeness (QED) is 0.785. The standard InChI is InChI=1S/C19H21NOS/c1-22-14-9-10-17-16(12-14)19-15(8-5-11-21-19)18(20-17)13-6-3-2-4-7-13/h2-4,6-7,9-10,12,15,18-20H,5,8,11H2,1H3. The van der Waals surface area contributed by atoms with Crippen molar-refractivity contribution in [2.45, 2.75) is 29.9 Å². The minimum absolute atomic E-state index is 0.224. The van der Waals surface area contributed by atoms with Crippen molar-refractivity contribution in [3.63, 3.8) is 0 Å². The highest BCUT2D eigenvalue weighted by atomic mass is 32.2. The number of hydrogen-bond donors (Lipinski definition) is 1. The second-order valence-electron chi connectivity index (χ2n) is 6.08. The summed E-state index contributed by atoms with van der Waals surface area (Å²) in [5, 5.41) is 3.77. The van der Waals surface area contributed by atoms with E-state index in [4.69, 9.17) is 4.74 Å². The first-order chi connectivity index (χ1) is 10.9. The highest BCUT2D eigenvalue weighted by molar-refractivity contribution is 7.98. The van der Waals surface area contributed by atoms with E-state index in [-0.39, 0.29) is 6.10 Å². The van der Waals surface area contributed by atoms with Crippen molar-refractivity contribution in [1.82, 2.24) is 0 Å². The second-order valence-corrected chi connectivity index (χ2v) is 6.96. The van der Waals surface area contributed by atoms with E-state index < -0.39 is 0 Å². The van der Waals surface area contributed by atoms with Crippen molar-refractivity contribution in [3.05, 3.63) is 59.7 Å². The number of ether oxygens (including phenoxy) is 1. The average molecular weight is 311 g/mol. The van der Waals surface area contributed by atoms with Gasteiger partial charge in [0.1, 0.15) is 0 Å². The third-order valence-corrected chi connectivity index (χ3v) is 5.56. The van der Waals surface area contributed by atoms with Crippen LogP contribution in [0.5, 0.6) is 0 Å². The van der Waals surface area contributed by atoms with Crippen LogP contribution in [0.1, 0.15) is 36.1 Å². The van der Waals surface area contributed by atoms with E-state index in [1.165, 1.54) is 28.1 Å². The maximum atomic E-state index is 6.21. The molecule has 0 spiro atoms. The Morgan fingerprint density at radius 3 is 2.82 bits per heavy atom. The molecule has 2 aromatic carbocycles. The fourth-order valence-corrected chi connectivity index (χ4v) is 4.22. The molecule has 0 amide bonds. The lowest BCUT2D eigenvalue weighted by Gasteiger charge is -2.43. The summed E-state index contributed by atoms with van der Waals surface area (Å²) in [5.74, 6) is 0.515. The largest absolute Gasteiger partial charge is 0.378 e. The van der Waals surface area contributed by atoms with Gasteiger partial charge in [0.05, 0.1) is 12.1 Å². The van der Waals surface area contributed by atoms with Crippen LogP contribution >= 0.6 is 11.8 Å². The molecule has 0 aromatic heterocycles. The number of rotatable bonds is 2. The number of fused-ring (bicyclic) bond motifs is 3. The van der Waals surface area contributed by atoms with Crippen LogP contribution < -0.4 is 5.32 Å². The summed E-state index contributed by atoms with van der Waals surface area (Å²) in [6.45, 7) is 0.881.